The van der Waals surface area contributed by atoms with E-state index < -0.39 is 22.0 Å². The van der Waals surface area contributed by atoms with Crippen LogP contribution in [0.1, 0.15) is 41.5 Å². The lowest BCUT2D eigenvalue weighted by Gasteiger charge is -2.50. The minimum Gasteiger partial charge on any atom is -0.444 e. The van der Waals surface area contributed by atoms with Crippen molar-refractivity contribution < 1.29 is 13.7 Å². The number of ether oxygens (including phenoxy) is 1. The van der Waals surface area contributed by atoms with Gasteiger partial charge in [-0.25, -0.2) is 4.79 Å². The molecule has 2 aromatic rings. The van der Waals surface area contributed by atoms with Crippen molar-refractivity contribution in [1.29, 1.82) is 0 Å². The molecule has 1 N–H and O–H groups in total. The molecule has 4 nitrogen and oxygen atoms in total. The SMILES string of the molecule is C=C[C@@H](COS(c1ccccc1)(c1ccccc1)C(C)(C)C)NC(=O)OC(C)(C)C. The van der Waals surface area contributed by atoms with Crippen LogP contribution in [0.2, 0.25) is 0 Å². The number of hydrogen-bond acceptors (Lipinski definition) is 3. The van der Waals surface area contributed by atoms with Crippen molar-refractivity contribution in [3.05, 3.63) is 73.3 Å². The van der Waals surface area contributed by atoms with Crippen LogP contribution in [-0.4, -0.2) is 29.1 Å². The van der Waals surface area contributed by atoms with Crippen LogP contribution >= 0.6 is 10.3 Å². The minimum absolute atomic E-state index is 0.187. The van der Waals surface area contributed by atoms with Crippen molar-refractivity contribution in [2.75, 3.05) is 6.61 Å². The van der Waals surface area contributed by atoms with Crippen LogP contribution in [0.4, 0.5) is 4.79 Å². The van der Waals surface area contributed by atoms with E-state index in [0.29, 0.717) is 6.61 Å². The van der Waals surface area contributed by atoms with Crippen molar-refractivity contribution in [1.82, 2.24) is 5.32 Å². The first kappa shape index (κ1) is 24.0. The number of nitrogens with one attached hydrogen (secondary N) is 1. The molecule has 1 amide bonds. The Morgan fingerprint density at radius 3 is 1.80 bits per heavy atom. The van der Waals surface area contributed by atoms with E-state index in [4.69, 9.17) is 8.92 Å². The molecular formula is C25H35NO3S. The number of rotatable bonds is 7. The molecule has 0 heterocycles. The summed E-state index contributed by atoms with van der Waals surface area (Å²) in [5.41, 5.74) is -0.564. The molecule has 0 fully saturated rings. The molecule has 0 bridgehead atoms. The zero-order valence-corrected chi connectivity index (χ0v) is 19.8. The largest absolute Gasteiger partial charge is 0.444 e. The number of hydrogen-bond donors (Lipinski definition) is 1. The number of amides is 1. The maximum atomic E-state index is 12.3. The van der Waals surface area contributed by atoms with E-state index >= 15 is 0 Å². The lowest BCUT2D eigenvalue weighted by atomic mass is 10.2. The van der Waals surface area contributed by atoms with Crippen LogP contribution in [0.25, 0.3) is 0 Å². The normalized spacial score (nSPS) is 13.9. The van der Waals surface area contributed by atoms with Crippen LogP contribution in [0.3, 0.4) is 0 Å². The highest BCUT2D eigenvalue weighted by atomic mass is 32.3. The van der Waals surface area contributed by atoms with Gasteiger partial charge >= 0.3 is 6.09 Å². The van der Waals surface area contributed by atoms with Gasteiger partial charge in [-0.3, -0.25) is 0 Å². The second kappa shape index (κ2) is 9.71. The monoisotopic (exact) mass is 429 g/mol. The standard InChI is InChI=1S/C25H35NO3S/c1-8-20(26-23(27)29-24(2,3)4)19-28-30(25(5,6)7,21-15-11-9-12-16-21)22-17-13-10-14-18-22/h8-18,20H,1,19H2,2-7H3,(H,26,27)/t20-/m0/s1. The summed E-state index contributed by atoms with van der Waals surface area (Å²) in [4.78, 5) is 14.5. The second-order valence-electron chi connectivity index (χ2n) is 9.07. The first-order valence-corrected chi connectivity index (χ1v) is 11.7. The van der Waals surface area contributed by atoms with Crippen LogP contribution in [0, 0.1) is 0 Å². The highest BCUT2D eigenvalue weighted by Crippen LogP contribution is 2.71. The number of carbonyl (C=O) groups is 1. The molecule has 0 aliphatic rings. The lowest BCUT2D eigenvalue weighted by molar-refractivity contribution is 0.0503. The van der Waals surface area contributed by atoms with Crippen molar-refractivity contribution in [2.45, 2.75) is 67.7 Å². The zero-order valence-electron chi connectivity index (χ0n) is 19.0. The number of benzene rings is 2. The molecule has 0 saturated heterocycles. The summed E-state index contributed by atoms with van der Waals surface area (Å²) in [5.74, 6) is 0. The van der Waals surface area contributed by atoms with E-state index in [1.807, 2.05) is 57.2 Å². The molecule has 30 heavy (non-hydrogen) atoms. The molecule has 0 aliphatic carbocycles. The Balaban J connectivity index is 2.38. The number of carbonyl (C=O) groups excluding carboxylic acids is 1. The van der Waals surface area contributed by atoms with Gasteiger partial charge in [-0.15, -0.1) is 6.58 Å². The van der Waals surface area contributed by atoms with Crippen molar-refractivity contribution in [2.24, 2.45) is 0 Å². The van der Waals surface area contributed by atoms with Gasteiger partial charge in [-0.05, 0) is 65.8 Å². The average molecular weight is 430 g/mol. The van der Waals surface area contributed by atoms with Crippen LogP contribution in [0.15, 0.2) is 83.1 Å². The molecule has 0 saturated carbocycles. The van der Waals surface area contributed by atoms with Gasteiger partial charge in [0.15, 0.2) is 0 Å². The first-order chi connectivity index (χ1) is 14.0. The lowest BCUT2D eigenvalue weighted by Crippen LogP contribution is -2.41. The summed E-state index contributed by atoms with van der Waals surface area (Å²) in [6.45, 7) is 16.3. The van der Waals surface area contributed by atoms with E-state index in [2.05, 4.69) is 56.9 Å². The summed E-state index contributed by atoms with van der Waals surface area (Å²) in [6.07, 6.45) is 1.21. The molecule has 164 valence electrons. The van der Waals surface area contributed by atoms with Gasteiger partial charge in [0.2, 0.25) is 0 Å². The van der Waals surface area contributed by atoms with E-state index in [-0.39, 0.29) is 10.8 Å². The van der Waals surface area contributed by atoms with Gasteiger partial charge in [0, 0.05) is 14.5 Å². The molecule has 2 rings (SSSR count). The van der Waals surface area contributed by atoms with Gasteiger partial charge in [0.1, 0.15) is 5.60 Å². The van der Waals surface area contributed by atoms with E-state index in [1.165, 1.54) is 0 Å². The topological polar surface area (TPSA) is 47.6 Å². The van der Waals surface area contributed by atoms with Crippen molar-refractivity contribution in [3.63, 3.8) is 0 Å². The Morgan fingerprint density at radius 1 is 0.967 bits per heavy atom. The predicted octanol–water partition coefficient (Wildman–Crippen LogP) is 6.72. The van der Waals surface area contributed by atoms with E-state index in [9.17, 15) is 4.79 Å². The molecule has 5 heteroatoms. The Morgan fingerprint density at radius 2 is 1.43 bits per heavy atom. The van der Waals surface area contributed by atoms with Crippen molar-refractivity contribution >= 4 is 16.4 Å². The van der Waals surface area contributed by atoms with Gasteiger partial charge in [-0.2, -0.15) is 0 Å². The maximum Gasteiger partial charge on any atom is 0.408 e. The molecular weight excluding hydrogens is 394 g/mol. The van der Waals surface area contributed by atoms with E-state index in [1.54, 1.807) is 6.08 Å². The third kappa shape index (κ3) is 5.89. The summed E-state index contributed by atoms with van der Waals surface area (Å²) in [6, 6.07) is 20.3. The summed E-state index contributed by atoms with van der Waals surface area (Å²) in [5, 5.41) is 2.86. The molecule has 0 unspecified atom stereocenters. The molecule has 0 aliphatic heterocycles. The van der Waals surface area contributed by atoms with Gasteiger partial charge in [0.25, 0.3) is 0 Å². The third-order valence-electron chi connectivity index (χ3n) is 4.42. The summed E-state index contributed by atoms with van der Waals surface area (Å²) < 4.78 is 12.0. The van der Waals surface area contributed by atoms with Crippen LogP contribution in [0.5, 0.6) is 0 Å². The van der Waals surface area contributed by atoms with Gasteiger partial charge in [-0.1, -0.05) is 52.8 Å². The average Bonchev–Trinajstić information content (AvgIpc) is 2.66. The Bertz CT molecular complexity index is 783. The fraction of sp³-hybridized carbons (Fsp3) is 0.400. The smallest absolute Gasteiger partial charge is 0.408 e. The highest BCUT2D eigenvalue weighted by Gasteiger charge is 2.41. The molecule has 0 spiro atoms. The molecule has 2 aromatic carbocycles. The Labute approximate surface area is 183 Å². The fourth-order valence-electron chi connectivity index (χ4n) is 3.18. The minimum atomic E-state index is -1.89. The Hall–Kier alpha value is -2.24. The molecule has 0 aromatic heterocycles. The van der Waals surface area contributed by atoms with Crippen molar-refractivity contribution in [3.8, 4) is 0 Å². The van der Waals surface area contributed by atoms with Gasteiger partial charge < -0.3 is 14.2 Å². The zero-order chi connectivity index (χ0) is 22.4. The fourth-order valence-corrected chi connectivity index (χ4v) is 6.93. The number of alkyl carbamates (subject to hydrolysis) is 1. The van der Waals surface area contributed by atoms with Gasteiger partial charge in [0.05, 0.1) is 12.6 Å². The summed E-state index contributed by atoms with van der Waals surface area (Å²) >= 11 is 0. The van der Waals surface area contributed by atoms with Crippen LogP contribution < -0.4 is 5.32 Å². The molecule has 0 radical (unpaired) electrons. The second-order valence-corrected chi connectivity index (χ2v) is 12.6. The highest BCUT2D eigenvalue weighted by molar-refractivity contribution is 8.31. The third-order valence-corrected chi connectivity index (χ3v) is 8.51. The van der Waals surface area contributed by atoms with E-state index in [0.717, 1.165) is 9.79 Å². The van der Waals surface area contributed by atoms with Crippen LogP contribution in [-0.2, 0) is 8.92 Å². The predicted molar refractivity (Wildman–Crippen MR) is 126 cm³/mol. The Kier molecular flexibility index (Phi) is 7.78. The maximum absolute atomic E-state index is 12.3. The first-order valence-electron chi connectivity index (χ1n) is 10.2. The quantitative estimate of drug-likeness (QED) is 0.497. The molecule has 1 atom stereocenters. The summed E-state index contributed by atoms with van der Waals surface area (Å²) in [7, 11) is -1.89.